The Morgan fingerprint density at radius 2 is 1.92 bits per heavy atom. The predicted molar refractivity (Wildman–Crippen MR) is 107 cm³/mol. The summed E-state index contributed by atoms with van der Waals surface area (Å²) in [7, 11) is 0. The van der Waals surface area contributed by atoms with E-state index in [4.69, 9.17) is 4.74 Å². The number of hydrogen-bond donors (Lipinski definition) is 2. The van der Waals surface area contributed by atoms with Gasteiger partial charge in [-0.2, -0.15) is 0 Å². The van der Waals surface area contributed by atoms with Gasteiger partial charge in [0.1, 0.15) is 10.6 Å². The van der Waals surface area contributed by atoms with Gasteiger partial charge in [-0.25, -0.2) is 4.79 Å². The first-order valence-corrected chi connectivity index (χ1v) is 10.4. The highest BCUT2D eigenvalue weighted by Crippen LogP contribution is 2.36. The lowest BCUT2D eigenvalue weighted by atomic mass is 10.0. The Morgan fingerprint density at radius 3 is 2.58 bits per heavy atom. The molecule has 3 rings (SSSR count). The van der Waals surface area contributed by atoms with E-state index in [0.717, 1.165) is 28.7 Å². The number of carbonyl (C=O) groups is 2. The molecule has 1 aliphatic heterocycles. The van der Waals surface area contributed by atoms with Crippen LogP contribution in [-0.2, 0) is 9.53 Å². The Bertz CT molecular complexity index is 783. The second-order valence-electron chi connectivity index (χ2n) is 6.26. The van der Waals surface area contributed by atoms with E-state index in [-0.39, 0.29) is 5.91 Å². The van der Waals surface area contributed by atoms with Gasteiger partial charge in [0, 0.05) is 28.3 Å². The molecule has 138 valence electrons. The average molecular weight is 438 g/mol. The van der Waals surface area contributed by atoms with Crippen molar-refractivity contribution < 1.29 is 19.2 Å². The molecule has 1 amide bonds. The quantitative estimate of drug-likeness (QED) is 0.682. The van der Waals surface area contributed by atoms with Gasteiger partial charge in [-0.3, -0.25) is 4.79 Å². The van der Waals surface area contributed by atoms with E-state index in [1.54, 1.807) is 6.92 Å². The third kappa shape index (κ3) is 4.52. The number of quaternary nitrogens is 1. The van der Waals surface area contributed by atoms with E-state index < -0.39 is 5.97 Å². The molecule has 0 radical (unpaired) electrons. The molecule has 0 spiro atoms. The summed E-state index contributed by atoms with van der Waals surface area (Å²) in [4.78, 5) is 26.2. The van der Waals surface area contributed by atoms with E-state index in [1.165, 1.54) is 29.1 Å². The molecule has 0 unspecified atom stereocenters. The lowest BCUT2D eigenvalue weighted by Gasteiger charge is -2.12. The number of halogens is 1. The van der Waals surface area contributed by atoms with Crippen molar-refractivity contribution in [1.29, 1.82) is 0 Å². The zero-order valence-electron chi connectivity index (χ0n) is 14.6. The summed E-state index contributed by atoms with van der Waals surface area (Å²) in [5.74, 6) is -0.466. The highest BCUT2D eigenvalue weighted by atomic mass is 79.9. The molecule has 7 heteroatoms. The number of benzene rings is 1. The van der Waals surface area contributed by atoms with E-state index in [2.05, 4.69) is 21.2 Å². The van der Waals surface area contributed by atoms with Crippen molar-refractivity contribution in [2.45, 2.75) is 19.8 Å². The molecule has 1 aliphatic rings. The Kier molecular flexibility index (Phi) is 6.45. The normalized spacial score (nSPS) is 14.4. The second kappa shape index (κ2) is 8.79. The fourth-order valence-electron chi connectivity index (χ4n) is 3.15. The van der Waals surface area contributed by atoms with Crippen LogP contribution in [0.15, 0.2) is 34.1 Å². The van der Waals surface area contributed by atoms with Crippen LogP contribution < -0.4 is 10.2 Å². The van der Waals surface area contributed by atoms with Gasteiger partial charge >= 0.3 is 5.97 Å². The van der Waals surface area contributed by atoms with Gasteiger partial charge in [-0.15, -0.1) is 11.3 Å². The number of thiophene rings is 1. The van der Waals surface area contributed by atoms with Crippen molar-refractivity contribution in [3.63, 3.8) is 0 Å². The summed E-state index contributed by atoms with van der Waals surface area (Å²) in [5.41, 5.74) is 2.13. The maximum Gasteiger partial charge on any atom is 0.341 e. The van der Waals surface area contributed by atoms with Crippen molar-refractivity contribution in [2.24, 2.45) is 0 Å². The number of rotatable bonds is 6. The van der Waals surface area contributed by atoms with Crippen LogP contribution in [0.5, 0.6) is 0 Å². The van der Waals surface area contributed by atoms with Crippen molar-refractivity contribution in [3.05, 3.63) is 39.7 Å². The van der Waals surface area contributed by atoms with E-state index in [9.17, 15) is 9.59 Å². The van der Waals surface area contributed by atoms with Crippen LogP contribution in [0.3, 0.4) is 0 Å². The van der Waals surface area contributed by atoms with Crippen molar-refractivity contribution in [1.82, 2.24) is 0 Å². The molecule has 1 fully saturated rings. The van der Waals surface area contributed by atoms with Gasteiger partial charge in [0.25, 0.3) is 5.91 Å². The molecule has 26 heavy (non-hydrogen) atoms. The number of esters is 1. The van der Waals surface area contributed by atoms with Crippen LogP contribution in [0.4, 0.5) is 5.00 Å². The van der Waals surface area contributed by atoms with Crippen LogP contribution >= 0.6 is 27.3 Å². The average Bonchev–Trinajstić information content (AvgIpc) is 3.25. The molecule has 1 aromatic carbocycles. The molecule has 1 saturated heterocycles. The summed E-state index contributed by atoms with van der Waals surface area (Å²) >= 11 is 4.78. The topological polar surface area (TPSA) is 59.8 Å². The lowest BCUT2D eigenvalue weighted by molar-refractivity contribution is -0.878. The minimum absolute atomic E-state index is 0.0587. The molecular formula is C19H22BrN2O3S+. The van der Waals surface area contributed by atoms with E-state index >= 15 is 0 Å². The maximum absolute atomic E-state index is 12.5. The predicted octanol–water partition coefficient (Wildman–Crippen LogP) is 2.97. The molecule has 5 nitrogen and oxygen atoms in total. The van der Waals surface area contributed by atoms with Crippen molar-refractivity contribution >= 4 is 44.1 Å². The number of carbonyl (C=O) groups excluding carboxylic acids is 2. The zero-order chi connectivity index (χ0) is 18.5. The molecule has 1 aromatic heterocycles. The molecule has 0 atom stereocenters. The van der Waals surface area contributed by atoms with Gasteiger partial charge in [0.15, 0.2) is 6.54 Å². The summed E-state index contributed by atoms with van der Waals surface area (Å²) in [6.07, 6.45) is 2.34. The Hall–Kier alpha value is -1.70. The fraction of sp³-hybridized carbons (Fsp3) is 0.368. The number of anilines is 1. The van der Waals surface area contributed by atoms with Gasteiger partial charge in [0.2, 0.25) is 0 Å². The number of amides is 1. The maximum atomic E-state index is 12.5. The van der Waals surface area contributed by atoms with E-state index in [1.807, 2.05) is 29.6 Å². The molecule has 0 bridgehead atoms. The SMILES string of the molecule is CCOC(=O)c1c(-c2ccc(Br)cc2)csc1NC(=O)C[NH+]1CCCC1. The Balaban J connectivity index is 1.85. The summed E-state index contributed by atoms with van der Waals surface area (Å²) < 4.78 is 6.20. The monoisotopic (exact) mass is 437 g/mol. The number of ether oxygens (including phenoxy) is 1. The van der Waals surface area contributed by atoms with Gasteiger partial charge in [-0.1, -0.05) is 28.1 Å². The first-order valence-electron chi connectivity index (χ1n) is 8.76. The van der Waals surface area contributed by atoms with Crippen LogP contribution in [0, 0.1) is 0 Å². The van der Waals surface area contributed by atoms with Gasteiger partial charge < -0.3 is 15.0 Å². The van der Waals surface area contributed by atoms with Gasteiger partial charge in [0.05, 0.1) is 19.7 Å². The third-order valence-electron chi connectivity index (χ3n) is 4.40. The number of hydrogen-bond acceptors (Lipinski definition) is 4. The largest absolute Gasteiger partial charge is 0.462 e. The highest BCUT2D eigenvalue weighted by molar-refractivity contribution is 9.10. The number of likely N-dealkylation sites (tertiary alicyclic amines) is 1. The minimum atomic E-state index is -0.407. The molecule has 0 aliphatic carbocycles. The summed E-state index contributed by atoms with van der Waals surface area (Å²) in [6.45, 7) is 4.57. The van der Waals surface area contributed by atoms with E-state index in [0.29, 0.717) is 23.7 Å². The third-order valence-corrected chi connectivity index (χ3v) is 5.82. The van der Waals surface area contributed by atoms with Crippen molar-refractivity contribution in [3.8, 4) is 11.1 Å². The second-order valence-corrected chi connectivity index (χ2v) is 8.06. The van der Waals surface area contributed by atoms with Crippen LogP contribution in [0.25, 0.3) is 11.1 Å². The number of nitrogens with one attached hydrogen (secondary N) is 2. The lowest BCUT2D eigenvalue weighted by Crippen LogP contribution is -3.11. The Labute approximate surface area is 165 Å². The van der Waals surface area contributed by atoms with Crippen molar-refractivity contribution in [2.75, 3.05) is 31.6 Å². The smallest absolute Gasteiger partial charge is 0.341 e. The summed E-state index contributed by atoms with van der Waals surface area (Å²) in [6, 6.07) is 7.73. The molecule has 2 heterocycles. The zero-order valence-corrected chi connectivity index (χ0v) is 17.0. The van der Waals surface area contributed by atoms with Gasteiger partial charge in [-0.05, 0) is 24.6 Å². The fourth-order valence-corrected chi connectivity index (χ4v) is 4.39. The first kappa shape index (κ1) is 19.1. The summed E-state index contributed by atoms with van der Waals surface area (Å²) in [5, 5.41) is 5.38. The van der Waals surface area contributed by atoms with Crippen LogP contribution in [0.2, 0.25) is 0 Å². The molecule has 0 saturated carbocycles. The molecular weight excluding hydrogens is 416 g/mol. The Morgan fingerprint density at radius 1 is 1.23 bits per heavy atom. The molecule has 2 aromatic rings. The highest BCUT2D eigenvalue weighted by Gasteiger charge is 2.25. The molecule has 2 N–H and O–H groups in total. The first-order chi connectivity index (χ1) is 12.6. The van der Waals surface area contributed by atoms with Crippen LogP contribution in [-0.4, -0.2) is 38.1 Å². The standard InChI is InChI=1S/C19H21BrN2O3S/c1-2-25-19(24)17-15(13-5-7-14(20)8-6-13)12-26-18(17)21-16(23)11-22-9-3-4-10-22/h5-8,12H,2-4,9-11H2,1H3,(H,21,23)/p+1. The minimum Gasteiger partial charge on any atom is -0.462 e. The van der Waals surface area contributed by atoms with Crippen LogP contribution in [0.1, 0.15) is 30.1 Å².